The summed E-state index contributed by atoms with van der Waals surface area (Å²) in [5.41, 5.74) is 4.11. The van der Waals surface area contributed by atoms with Crippen molar-refractivity contribution in [3.05, 3.63) is 35.5 Å². The largest absolute Gasteiger partial charge is 0.469 e. The Bertz CT molecular complexity index is 751. The molecule has 4 nitrogen and oxygen atoms in total. The van der Waals surface area contributed by atoms with Crippen molar-refractivity contribution in [1.29, 1.82) is 0 Å². The SMILES string of the molecule is CCC(C(=O)OC)C1CCN2CCc3c([nH]c4ccccc34)C2C1. The average molecular weight is 326 g/mol. The zero-order valence-corrected chi connectivity index (χ0v) is 14.5. The highest BCUT2D eigenvalue weighted by molar-refractivity contribution is 5.85. The second-order valence-corrected chi connectivity index (χ2v) is 7.19. The molecule has 128 valence electrons. The summed E-state index contributed by atoms with van der Waals surface area (Å²) in [4.78, 5) is 18.4. The number of H-pyrrole nitrogens is 1. The number of nitrogens with one attached hydrogen (secondary N) is 1. The van der Waals surface area contributed by atoms with Crippen LogP contribution in [0, 0.1) is 11.8 Å². The third-order valence-electron chi connectivity index (χ3n) is 6.10. The topological polar surface area (TPSA) is 45.3 Å². The summed E-state index contributed by atoms with van der Waals surface area (Å²) in [7, 11) is 1.51. The molecule has 0 aliphatic carbocycles. The van der Waals surface area contributed by atoms with Crippen LogP contribution in [0.15, 0.2) is 24.3 Å². The van der Waals surface area contributed by atoms with Gasteiger partial charge in [-0.05, 0) is 49.8 Å². The predicted octanol–water partition coefficient (Wildman–Crippen LogP) is 3.68. The van der Waals surface area contributed by atoms with E-state index in [0.29, 0.717) is 12.0 Å². The lowest BCUT2D eigenvalue weighted by Gasteiger charge is -2.43. The van der Waals surface area contributed by atoms with Gasteiger partial charge in [-0.2, -0.15) is 0 Å². The van der Waals surface area contributed by atoms with Crippen molar-refractivity contribution in [2.45, 2.75) is 38.6 Å². The summed E-state index contributed by atoms with van der Waals surface area (Å²) in [6.07, 6.45) is 4.13. The van der Waals surface area contributed by atoms with Gasteiger partial charge in [-0.3, -0.25) is 9.69 Å². The number of piperidine rings is 1. The van der Waals surface area contributed by atoms with E-state index in [1.807, 2.05) is 0 Å². The van der Waals surface area contributed by atoms with E-state index in [9.17, 15) is 4.79 Å². The Morgan fingerprint density at radius 2 is 2.21 bits per heavy atom. The van der Waals surface area contributed by atoms with Crippen LogP contribution in [0.1, 0.15) is 43.5 Å². The first-order valence-corrected chi connectivity index (χ1v) is 9.14. The van der Waals surface area contributed by atoms with E-state index >= 15 is 0 Å². The highest BCUT2D eigenvalue weighted by atomic mass is 16.5. The van der Waals surface area contributed by atoms with E-state index in [4.69, 9.17) is 4.74 Å². The lowest BCUT2D eigenvalue weighted by atomic mass is 9.77. The monoisotopic (exact) mass is 326 g/mol. The molecule has 0 spiro atoms. The van der Waals surface area contributed by atoms with Crippen molar-refractivity contribution >= 4 is 16.9 Å². The molecule has 3 atom stereocenters. The number of hydrogen-bond donors (Lipinski definition) is 1. The summed E-state index contributed by atoms with van der Waals surface area (Å²) < 4.78 is 5.05. The van der Waals surface area contributed by atoms with Crippen molar-refractivity contribution < 1.29 is 9.53 Å². The third-order valence-corrected chi connectivity index (χ3v) is 6.10. The predicted molar refractivity (Wildman–Crippen MR) is 94.8 cm³/mol. The molecule has 1 fully saturated rings. The molecule has 1 saturated heterocycles. The maximum atomic E-state index is 12.1. The van der Waals surface area contributed by atoms with Gasteiger partial charge in [-0.1, -0.05) is 25.1 Å². The fourth-order valence-corrected chi connectivity index (χ4v) is 4.85. The number of rotatable bonds is 3. The molecule has 0 bridgehead atoms. The first kappa shape index (κ1) is 15.7. The maximum Gasteiger partial charge on any atom is 0.308 e. The number of carbonyl (C=O) groups excluding carboxylic acids is 1. The summed E-state index contributed by atoms with van der Waals surface area (Å²) >= 11 is 0. The van der Waals surface area contributed by atoms with Gasteiger partial charge in [0.15, 0.2) is 0 Å². The van der Waals surface area contributed by atoms with Crippen molar-refractivity contribution in [3.8, 4) is 0 Å². The first-order chi connectivity index (χ1) is 11.7. The number of carbonyl (C=O) groups is 1. The number of fused-ring (bicyclic) bond motifs is 5. The van der Waals surface area contributed by atoms with Crippen LogP contribution in [0.3, 0.4) is 0 Å². The van der Waals surface area contributed by atoms with Gasteiger partial charge in [0.2, 0.25) is 0 Å². The van der Waals surface area contributed by atoms with Crippen molar-refractivity contribution in [3.63, 3.8) is 0 Å². The molecule has 2 aliphatic rings. The number of aromatic amines is 1. The minimum absolute atomic E-state index is 0.0342. The van der Waals surface area contributed by atoms with Crippen molar-refractivity contribution in [1.82, 2.24) is 9.88 Å². The van der Waals surface area contributed by atoms with E-state index in [1.165, 1.54) is 29.3 Å². The highest BCUT2D eigenvalue weighted by Crippen LogP contribution is 2.43. The second-order valence-electron chi connectivity index (χ2n) is 7.19. The molecule has 1 aromatic carbocycles. The Balaban J connectivity index is 1.66. The Labute approximate surface area is 143 Å². The Hall–Kier alpha value is -1.81. The van der Waals surface area contributed by atoms with Crippen LogP contribution in [0.4, 0.5) is 0 Å². The average Bonchev–Trinajstić information content (AvgIpc) is 3.01. The van der Waals surface area contributed by atoms with E-state index < -0.39 is 0 Å². The van der Waals surface area contributed by atoms with Gasteiger partial charge in [-0.15, -0.1) is 0 Å². The maximum absolute atomic E-state index is 12.1. The Kier molecular flexibility index (Phi) is 4.09. The normalized spacial score (nSPS) is 25.1. The molecule has 3 unspecified atom stereocenters. The molecule has 4 heteroatoms. The lowest BCUT2D eigenvalue weighted by Crippen LogP contribution is -2.43. The summed E-state index contributed by atoms with van der Waals surface area (Å²) in [5.74, 6) is 0.414. The number of nitrogens with zero attached hydrogens (tertiary/aromatic N) is 1. The van der Waals surface area contributed by atoms with E-state index in [1.54, 1.807) is 0 Å². The molecular formula is C20H26N2O2. The van der Waals surface area contributed by atoms with Crippen LogP contribution in [0.2, 0.25) is 0 Å². The number of benzene rings is 1. The van der Waals surface area contributed by atoms with E-state index in [2.05, 4.69) is 41.1 Å². The number of hydrogen-bond acceptors (Lipinski definition) is 3. The fraction of sp³-hybridized carbons (Fsp3) is 0.550. The van der Waals surface area contributed by atoms with E-state index in [0.717, 1.165) is 38.8 Å². The van der Waals surface area contributed by atoms with Crippen LogP contribution in [-0.2, 0) is 16.0 Å². The molecule has 1 N–H and O–H groups in total. The molecule has 1 aromatic heterocycles. The van der Waals surface area contributed by atoms with Gasteiger partial charge >= 0.3 is 5.97 Å². The molecule has 4 rings (SSSR count). The lowest BCUT2D eigenvalue weighted by molar-refractivity contribution is -0.148. The first-order valence-electron chi connectivity index (χ1n) is 9.14. The van der Waals surface area contributed by atoms with Crippen LogP contribution in [0.25, 0.3) is 10.9 Å². The molecule has 0 saturated carbocycles. The Morgan fingerprint density at radius 3 is 3.00 bits per heavy atom. The van der Waals surface area contributed by atoms with Gasteiger partial charge < -0.3 is 9.72 Å². The zero-order chi connectivity index (χ0) is 16.7. The molecule has 24 heavy (non-hydrogen) atoms. The molecule has 0 radical (unpaired) electrons. The number of para-hydroxylation sites is 1. The van der Waals surface area contributed by atoms with Gasteiger partial charge in [0.25, 0.3) is 0 Å². The smallest absolute Gasteiger partial charge is 0.308 e. The Morgan fingerprint density at radius 1 is 1.38 bits per heavy atom. The summed E-state index contributed by atoms with van der Waals surface area (Å²) in [6.45, 7) is 4.31. The van der Waals surface area contributed by atoms with Crippen LogP contribution in [-0.4, -0.2) is 36.1 Å². The quantitative estimate of drug-likeness (QED) is 0.875. The van der Waals surface area contributed by atoms with Crippen molar-refractivity contribution in [2.24, 2.45) is 11.8 Å². The van der Waals surface area contributed by atoms with Crippen molar-refractivity contribution in [2.75, 3.05) is 20.2 Å². The van der Waals surface area contributed by atoms with Gasteiger partial charge in [0.1, 0.15) is 0 Å². The molecule has 2 aliphatic heterocycles. The van der Waals surface area contributed by atoms with Gasteiger partial charge in [-0.25, -0.2) is 0 Å². The number of esters is 1. The number of aromatic nitrogens is 1. The van der Waals surface area contributed by atoms with Crippen LogP contribution >= 0.6 is 0 Å². The van der Waals surface area contributed by atoms with Crippen LogP contribution < -0.4 is 0 Å². The molecule has 2 aromatic rings. The summed E-state index contributed by atoms with van der Waals surface area (Å²) in [5, 5.41) is 1.37. The fourth-order valence-electron chi connectivity index (χ4n) is 4.85. The van der Waals surface area contributed by atoms with Gasteiger partial charge in [0.05, 0.1) is 19.1 Å². The zero-order valence-electron chi connectivity index (χ0n) is 14.5. The second kappa shape index (κ2) is 6.25. The highest BCUT2D eigenvalue weighted by Gasteiger charge is 2.39. The molecule has 3 heterocycles. The third kappa shape index (κ3) is 2.44. The summed E-state index contributed by atoms with van der Waals surface area (Å²) in [6, 6.07) is 9.02. The molecule has 0 amide bonds. The standard InChI is InChI=1S/C20H26N2O2/c1-3-14(20(23)24-2)13-8-10-22-11-9-16-15-6-4-5-7-17(15)21-19(16)18(22)12-13/h4-7,13-14,18,21H,3,8-12H2,1-2H3. The number of ether oxygens (including phenoxy) is 1. The number of methoxy groups -OCH3 is 1. The van der Waals surface area contributed by atoms with Gasteiger partial charge in [0, 0.05) is 23.1 Å². The van der Waals surface area contributed by atoms with Crippen LogP contribution in [0.5, 0.6) is 0 Å². The molecular weight excluding hydrogens is 300 g/mol. The minimum Gasteiger partial charge on any atom is -0.469 e. The minimum atomic E-state index is -0.0383. The van der Waals surface area contributed by atoms with E-state index in [-0.39, 0.29) is 11.9 Å².